The summed E-state index contributed by atoms with van der Waals surface area (Å²) < 4.78 is 1.44. The first-order valence-electron chi connectivity index (χ1n) is 5.94. The van der Waals surface area contributed by atoms with E-state index >= 15 is 0 Å². The van der Waals surface area contributed by atoms with E-state index < -0.39 is 0 Å². The predicted molar refractivity (Wildman–Crippen MR) is 61.1 cm³/mol. The monoisotopic (exact) mass is 238 g/mol. The Labute approximate surface area is 100 Å². The van der Waals surface area contributed by atoms with E-state index in [-0.39, 0.29) is 12.5 Å². The van der Waals surface area contributed by atoms with Crippen molar-refractivity contribution in [1.29, 1.82) is 0 Å². The molecule has 7 nitrogen and oxygen atoms in total. The van der Waals surface area contributed by atoms with Crippen LogP contribution in [0.25, 0.3) is 0 Å². The molecule has 17 heavy (non-hydrogen) atoms. The molecule has 1 N–H and O–H groups in total. The van der Waals surface area contributed by atoms with Gasteiger partial charge in [-0.05, 0) is 29.8 Å². The Bertz CT molecular complexity index is 346. The Morgan fingerprint density at radius 2 is 2.47 bits per heavy atom. The lowest BCUT2D eigenvalue weighted by Gasteiger charge is -2.28. The minimum Gasteiger partial charge on any atom is -0.343 e. The molecule has 1 aliphatic heterocycles. The molecule has 1 fully saturated rings. The van der Waals surface area contributed by atoms with Crippen LogP contribution in [0.15, 0.2) is 6.33 Å². The minimum atomic E-state index is 0.0321. The molecule has 1 atom stereocenters. The van der Waals surface area contributed by atoms with Crippen LogP contribution in [-0.4, -0.2) is 57.2 Å². The lowest BCUT2D eigenvalue weighted by atomic mass is 10.0. The molecule has 1 amide bonds. The molecule has 94 valence electrons. The number of likely N-dealkylation sites (N-methyl/N-ethyl adjacent to an activating group) is 1. The van der Waals surface area contributed by atoms with Crippen LogP contribution in [0.4, 0.5) is 0 Å². The van der Waals surface area contributed by atoms with Crippen LogP contribution in [0.5, 0.6) is 0 Å². The number of nitrogens with one attached hydrogen (secondary N) is 1. The van der Waals surface area contributed by atoms with Crippen molar-refractivity contribution in [3.8, 4) is 0 Å². The van der Waals surface area contributed by atoms with E-state index in [0.29, 0.717) is 6.04 Å². The average Bonchev–Trinajstić information content (AvgIpc) is 2.83. The van der Waals surface area contributed by atoms with Gasteiger partial charge in [-0.25, -0.2) is 4.68 Å². The van der Waals surface area contributed by atoms with Crippen LogP contribution < -0.4 is 5.32 Å². The number of carbonyl (C=O) groups excluding carboxylic acids is 1. The highest BCUT2D eigenvalue weighted by atomic mass is 16.2. The summed E-state index contributed by atoms with van der Waals surface area (Å²) in [6, 6.07) is 0.423. The van der Waals surface area contributed by atoms with Crippen molar-refractivity contribution < 1.29 is 4.79 Å². The van der Waals surface area contributed by atoms with E-state index in [1.165, 1.54) is 23.9 Å². The fraction of sp³-hybridized carbons (Fsp3) is 0.800. The zero-order valence-corrected chi connectivity index (χ0v) is 10.0. The van der Waals surface area contributed by atoms with E-state index in [1.54, 1.807) is 4.90 Å². The van der Waals surface area contributed by atoms with Crippen LogP contribution in [0.3, 0.4) is 0 Å². The fourth-order valence-electron chi connectivity index (χ4n) is 2.02. The zero-order valence-electron chi connectivity index (χ0n) is 10.0. The van der Waals surface area contributed by atoms with E-state index in [1.807, 2.05) is 7.05 Å². The number of hydrogen-bond donors (Lipinski definition) is 1. The van der Waals surface area contributed by atoms with Crippen molar-refractivity contribution in [3.63, 3.8) is 0 Å². The molecule has 1 unspecified atom stereocenters. The highest BCUT2D eigenvalue weighted by Gasteiger charge is 2.17. The first kappa shape index (κ1) is 12.0. The van der Waals surface area contributed by atoms with Crippen LogP contribution in [-0.2, 0) is 11.3 Å². The van der Waals surface area contributed by atoms with Crippen LogP contribution in [0, 0.1) is 0 Å². The van der Waals surface area contributed by atoms with Crippen molar-refractivity contribution in [2.75, 3.05) is 20.1 Å². The maximum atomic E-state index is 11.9. The Balaban J connectivity index is 1.78. The molecular formula is C10H18N6O. The van der Waals surface area contributed by atoms with Gasteiger partial charge in [0.15, 0.2) is 0 Å². The Morgan fingerprint density at radius 3 is 3.12 bits per heavy atom. The van der Waals surface area contributed by atoms with Gasteiger partial charge in [-0.15, -0.1) is 5.10 Å². The zero-order chi connectivity index (χ0) is 12.1. The molecule has 7 heteroatoms. The molecule has 1 aromatic heterocycles. The van der Waals surface area contributed by atoms with Gasteiger partial charge in [0.05, 0.1) is 0 Å². The van der Waals surface area contributed by atoms with Crippen molar-refractivity contribution in [3.05, 3.63) is 6.33 Å². The van der Waals surface area contributed by atoms with E-state index in [0.717, 1.165) is 19.5 Å². The van der Waals surface area contributed by atoms with E-state index in [4.69, 9.17) is 0 Å². The molecule has 1 aliphatic rings. The molecule has 0 saturated carbocycles. The second-order valence-corrected chi connectivity index (χ2v) is 4.43. The van der Waals surface area contributed by atoms with Crippen LogP contribution >= 0.6 is 0 Å². The van der Waals surface area contributed by atoms with E-state index in [9.17, 15) is 4.79 Å². The van der Waals surface area contributed by atoms with Crippen LogP contribution in [0.2, 0.25) is 0 Å². The standard InChI is InChI=1S/C10H18N6O/c1-15(6-9-4-2-3-5-11-9)10(17)7-16-8-12-13-14-16/h8-9,11H,2-7H2,1H3. The smallest absolute Gasteiger partial charge is 0.244 e. The number of amides is 1. The van der Waals surface area contributed by atoms with Gasteiger partial charge >= 0.3 is 0 Å². The normalized spacial score (nSPS) is 20.2. The summed E-state index contributed by atoms with van der Waals surface area (Å²) >= 11 is 0. The summed E-state index contributed by atoms with van der Waals surface area (Å²) in [7, 11) is 1.82. The molecule has 1 saturated heterocycles. The Hall–Kier alpha value is -1.50. The number of rotatable bonds is 4. The molecule has 2 heterocycles. The summed E-state index contributed by atoms with van der Waals surface area (Å²) in [6.07, 6.45) is 5.07. The first-order valence-corrected chi connectivity index (χ1v) is 5.94. The van der Waals surface area contributed by atoms with Gasteiger partial charge < -0.3 is 10.2 Å². The number of nitrogens with zero attached hydrogens (tertiary/aromatic N) is 5. The molecule has 0 bridgehead atoms. The van der Waals surface area contributed by atoms with Gasteiger partial charge in [-0.3, -0.25) is 4.79 Å². The number of carbonyl (C=O) groups is 1. The summed E-state index contributed by atoms with van der Waals surface area (Å²) in [4.78, 5) is 13.6. The second kappa shape index (κ2) is 5.72. The van der Waals surface area contributed by atoms with Crippen molar-refractivity contribution >= 4 is 5.91 Å². The molecule has 0 aliphatic carbocycles. The van der Waals surface area contributed by atoms with Gasteiger partial charge in [0.1, 0.15) is 12.9 Å². The highest BCUT2D eigenvalue weighted by molar-refractivity contribution is 5.75. The quantitative estimate of drug-likeness (QED) is 0.748. The topological polar surface area (TPSA) is 75.9 Å². The molecule has 1 aromatic rings. The first-order chi connectivity index (χ1) is 8.25. The largest absolute Gasteiger partial charge is 0.343 e. The third-order valence-corrected chi connectivity index (χ3v) is 3.02. The van der Waals surface area contributed by atoms with Crippen molar-refractivity contribution in [1.82, 2.24) is 30.4 Å². The van der Waals surface area contributed by atoms with Gasteiger partial charge in [0.25, 0.3) is 0 Å². The SMILES string of the molecule is CN(CC1CCCCN1)C(=O)Cn1cnnn1. The third kappa shape index (κ3) is 3.48. The molecule has 2 rings (SSSR count). The van der Waals surface area contributed by atoms with E-state index in [2.05, 4.69) is 20.8 Å². The van der Waals surface area contributed by atoms with Crippen LogP contribution in [0.1, 0.15) is 19.3 Å². The van der Waals surface area contributed by atoms with Gasteiger partial charge in [-0.1, -0.05) is 6.42 Å². The Morgan fingerprint density at radius 1 is 1.59 bits per heavy atom. The summed E-state index contributed by atoms with van der Waals surface area (Å²) in [5.41, 5.74) is 0. The number of tetrazole rings is 1. The minimum absolute atomic E-state index is 0.0321. The number of aromatic nitrogens is 4. The molecular weight excluding hydrogens is 220 g/mol. The lowest BCUT2D eigenvalue weighted by Crippen LogP contribution is -2.45. The summed E-state index contributed by atoms with van der Waals surface area (Å²) in [5, 5.41) is 14.1. The molecule has 0 spiro atoms. The maximum absolute atomic E-state index is 11.9. The summed E-state index contributed by atoms with van der Waals surface area (Å²) in [5.74, 6) is 0.0321. The predicted octanol–water partition coefficient (Wildman–Crippen LogP) is -0.726. The third-order valence-electron chi connectivity index (χ3n) is 3.02. The lowest BCUT2D eigenvalue weighted by molar-refractivity contribution is -0.131. The highest BCUT2D eigenvalue weighted by Crippen LogP contribution is 2.08. The van der Waals surface area contributed by atoms with Gasteiger partial charge in [-0.2, -0.15) is 0 Å². The van der Waals surface area contributed by atoms with Gasteiger partial charge in [0, 0.05) is 19.6 Å². The van der Waals surface area contributed by atoms with Crippen molar-refractivity contribution in [2.24, 2.45) is 0 Å². The fourth-order valence-corrected chi connectivity index (χ4v) is 2.02. The maximum Gasteiger partial charge on any atom is 0.244 e. The Kier molecular flexibility index (Phi) is 4.03. The number of piperidine rings is 1. The number of hydrogen-bond acceptors (Lipinski definition) is 5. The second-order valence-electron chi connectivity index (χ2n) is 4.43. The average molecular weight is 238 g/mol. The molecule has 0 aromatic carbocycles. The summed E-state index contributed by atoms with van der Waals surface area (Å²) in [6.45, 7) is 2.01. The van der Waals surface area contributed by atoms with Gasteiger partial charge in [0.2, 0.25) is 5.91 Å². The van der Waals surface area contributed by atoms with Crippen molar-refractivity contribution in [2.45, 2.75) is 31.8 Å². The molecule has 0 radical (unpaired) electrons.